The number of para-hydroxylation sites is 1. The number of nitrogens with zero attached hydrogens (tertiary/aromatic N) is 1. The number of hydrogen-bond donors (Lipinski definition) is 7. The summed E-state index contributed by atoms with van der Waals surface area (Å²) < 4.78 is 0. The average molecular weight is 512 g/mol. The molecule has 2 aromatic heterocycles. The van der Waals surface area contributed by atoms with E-state index in [9.17, 15) is 24.3 Å². The van der Waals surface area contributed by atoms with Crippen LogP contribution in [0.1, 0.15) is 31.5 Å². The number of aliphatic carboxylic acids is 1. The number of nitrogens with two attached hydrogens (primary N) is 1. The maximum Gasteiger partial charge on any atom is 0.326 e. The van der Waals surface area contributed by atoms with Crippen molar-refractivity contribution in [1.29, 1.82) is 0 Å². The lowest BCUT2D eigenvalue weighted by Crippen LogP contribution is -2.56. The number of amides is 3. The SMILES string of the molecule is CCC(C)C(NC(=O)CNC(=O)C(N)Cc1c[nH]c2ccccc12)C(=O)NC(Cc1cnc[nH]1)C(=O)O. The van der Waals surface area contributed by atoms with Crippen LogP contribution in [0.4, 0.5) is 0 Å². The fraction of sp³-hybridized carbons (Fsp3) is 0.400. The van der Waals surface area contributed by atoms with Gasteiger partial charge in [-0.25, -0.2) is 9.78 Å². The van der Waals surface area contributed by atoms with Crippen molar-refractivity contribution in [1.82, 2.24) is 30.9 Å². The molecule has 12 nitrogen and oxygen atoms in total. The maximum absolute atomic E-state index is 12.9. The van der Waals surface area contributed by atoms with Gasteiger partial charge in [0.1, 0.15) is 12.1 Å². The van der Waals surface area contributed by atoms with Gasteiger partial charge in [0, 0.05) is 35.4 Å². The van der Waals surface area contributed by atoms with E-state index >= 15 is 0 Å². The van der Waals surface area contributed by atoms with Crippen LogP contribution in [0.2, 0.25) is 0 Å². The average Bonchev–Trinajstić information content (AvgIpc) is 3.55. The van der Waals surface area contributed by atoms with E-state index in [0.717, 1.165) is 16.5 Å². The minimum absolute atomic E-state index is 0.00657. The molecular formula is C25H33N7O5. The third-order valence-corrected chi connectivity index (χ3v) is 6.28. The summed E-state index contributed by atoms with van der Waals surface area (Å²) in [6, 6.07) is 4.59. The van der Waals surface area contributed by atoms with Gasteiger partial charge in [-0.15, -0.1) is 0 Å². The first-order valence-corrected chi connectivity index (χ1v) is 12.1. The molecule has 0 aliphatic heterocycles. The van der Waals surface area contributed by atoms with Crippen molar-refractivity contribution < 1.29 is 24.3 Å². The molecule has 8 N–H and O–H groups in total. The summed E-state index contributed by atoms with van der Waals surface area (Å²) in [5.41, 5.74) is 8.43. The Morgan fingerprint density at radius 3 is 2.51 bits per heavy atom. The monoisotopic (exact) mass is 511 g/mol. The molecule has 0 saturated heterocycles. The third kappa shape index (κ3) is 7.40. The molecular weight excluding hydrogens is 478 g/mol. The summed E-state index contributed by atoms with van der Waals surface area (Å²) in [5, 5.41) is 18.1. The zero-order chi connectivity index (χ0) is 26.9. The number of carbonyl (C=O) groups excluding carboxylic acids is 3. The van der Waals surface area contributed by atoms with Gasteiger partial charge < -0.3 is 36.8 Å². The number of H-pyrrole nitrogens is 2. The second-order valence-corrected chi connectivity index (χ2v) is 9.00. The van der Waals surface area contributed by atoms with Gasteiger partial charge >= 0.3 is 5.97 Å². The van der Waals surface area contributed by atoms with Crippen molar-refractivity contribution in [3.63, 3.8) is 0 Å². The van der Waals surface area contributed by atoms with Gasteiger partial charge in [0.25, 0.3) is 0 Å². The van der Waals surface area contributed by atoms with Gasteiger partial charge in [-0.05, 0) is 24.0 Å². The number of nitrogens with one attached hydrogen (secondary N) is 5. The Balaban J connectivity index is 1.54. The Morgan fingerprint density at radius 2 is 1.84 bits per heavy atom. The van der Waals surface area contributed by atoms with Crippen LogP contribution in [0.3, 0.4) is 0 Å². The van der Waals surface area contributed by atoms with Crippen LogP contribution in [0.5, 0.6) is 0 Å². The predicted molar refractivity (Wildman–Crippen MR) is 136 cm³/mol. The minimum Gasteiger partial charge on any atom is -0.480 e. The molecule has 0 bridgehead atoms. The van der Waals surface area contributed by atoms with Gasteiger partial charge in [0.2, 0.25) is 17.7 Å². The molecule has 0 aliphatic carbocycles. The van der Waals surface area contributed by atoms with Crippen LogP contribution >= 0.6 is 0 Å². The fourth-order valence-corrected chi connectivity index (χ4v) is 3.93. The maximum atomic E-state index is 12.9. The lowest BCUT2D eigenvalue weighted by molar-refractivity contribution is -0.142. The number of hydrogen-bond acceptors (Lipinski definition) is 6. The second kappa shape index (κ2) is 12.7. The summed E-state index contributed by atoms with van der Waals surface area (Å²) in [5.74, 6) is -3.22. The molecule has 198 valence electrons. The quantitative estimate of drug-likeness (QED) is 0.170. The molecule has 1 aromatic carbocycles. The van der Waals surface area contributed by atoms with Crippen molar-refractivity contribution in [3.05, 3.63) is 54.2 Å². The molecule has 37 heavy (non-hydrogen) atoms. The van der Waals surface area contributed by atoms with Crippen LogP contribution in [-0.4, -0.2) is 68.4 Å². The van der Waals surface area contributed by atoms with E-state index in [-0.39, 0.29) is 25.3 Å². The van der Waals surface area contributed by atoms with Gasteiger partial charge in [-0.3, -0.25) is 14.4 Å². The highest BCUT2D eigenvalue weighted by Crippen LogP contribution is 2.18. The van der Waals surface area contributed by atoms with E-state index in [1.807, 2.05) is 31.2 Å². The Labute approximate surface area is 213 Å². The zero-order valence-corrected chi connectivity index (χ0v) is 20.8. The highest BCUT2D eigenvalue weighted by Gasteiger charge is 2.30. The van der Waals surface area contributed by atoms with E-state index in [0.29, 0.717) is 12.1 Å². The highest BCUT2D eigenvalue weighted by molar-refractivity contribution is 5.93. The number of carboxylic acid groups (broad SMARTS) is 1. The van der Waals surface area contributed by atoms with Crippen molar-refractivity contribution in [3.8, 4) is 0 Å². The normalized spacial score (nSPS) is 14.4. The first-order valence-electron chi connectivity index (χ1n) is 12.1. The highest BCUT2D eigenvalue weighted by atomic mass is 16.4. The first kappa shape index (κ1) is 27.4. The third-order valence-electron chi connectivity index (χ3n) is 6.28. The van der Waals surface area contributed by atoms with E-state index in [1.165, 1.54) is 12.5 Å². The zero-order valence-electron chi connectivity index (χ0n) is 20.8. The largest absolute Gasteiger partial charge is 0.480 e. The molecule has 0 aliphatic rings. The topological polar surface area (TPSA) is 195 Å². The van der Waals surface area contributed by atoms with Crippen LogP contribution < -0.4 is 21.7 Å². The van der Waals surface area contributed by atoms with Crippen LogP contribution in [0.25, 0.3) is 10.9 Å². The van der Waals surface area contributed by atoms with E-state index in [1.54, 1.807) is 13.1 Å². The molecule has 2 heterocycles. The Kier molecular flexibility index (Phi) is 9.39. The number of aromatic amines is 2. The summed E-state index contributed by atoms with van der Waals surface area (Å²) in [4.78, 5) is 59.5. The predicted octanol–water partition coefficient (Wildman–Crippen LogP) is 0.220. The number of carbonyl (C=O) groups is 4. The smallest absolute Gasteiger partial charge is 0.326 e. The molecule has 0 fully saturated rings. The Hall–Kier alpha value is -4.19. The first-order chi connectivity index (χ1) is 17.7. The molecule has 0 spiro atoms. The molecule has 4 unspecified atom stereocenters. The molecule has 3 amide bonds. The molecule has 3 rings (SSSR count). The van der Waals surface area contributed by atoms with Crippen LogP contribution in [-0.2, 0) is 32.0 Å². The van der Waals surface area contributed by atoms with E-state index in [4.69, 9.17) is 5.73 Å². The molecule has 4 atom stereocenters. The minimum atomic E-state index is -1.21. The van der Waals surface area contributed by atoms with Crippen LogP contribution in [0, 0.1) is 5.92 Å². The van der Waals surface area contributed by atoms with Gasteiger partial charge in [0.15, 0.2) is 0 Å². The standard InChI is InChI=1S/C25H33N7O5/c1-3-14(2)22(24(35)31-20(25(36)37)9-16-11-27-13-30-16)32-21(33)12-29-23(34)18(26)8-15-10-28-19-7-5-4-6-17(15)19/h4-7,10-11,13-14,18,20,22,28H,3,8-9,12,26H2,1-2H3,(H,27,30)(H,29,34)(H,31,35)(H,32,33)(H,36,37). The van der Waals surface area contributed by atoms with Crippen molar-refractivity contribution >= 4 is 34.6 Å². The summed E-state index contributed by atoms with van der Waals surface area (Å²) in [7, 11) is 0. The number of benzene rings is 1. The van der Waals surface area contributed by atoms with Gasteiger partial charge in [-0.2, -0.15) is 0 Å². The summed E-state index contributed by atoms with van der Waals surface area (Å²) >= 11 is 0. The number of carboxylic acids is 1. The van der Waals surface area contributed by atoms with Gasteiger partial charge in [-0.1, -0.05) is 38.5 Å². The van der Waals surface area contributed by atoms with E-state index in [2.05, 4.69) is 30.9 Å². The molecule has 0 radical (unpaired) electrons. The summed E-state index contributed by atoms with van der Waals surface area (Å²) in [6.45, 7) is 3.24. The lowest BCUT2D eigenvalue weighted by Gasteiger charge is -2.25. The number of fused-ring (bicyclic) bond motifs is 1. The van der Waals surface area contributed by atoms with Crippen molar-refractivity contribution in [2.24, 2.45) is 11.7 Å². The van der Waals surface area contributed by atoms with E-state index < -0.39 is 41.8 Å². The molecule has 12 heteroatoms. The second-order valence-electron chi connectivity index (χ2n) is 9.00. The molecule has 0 saturated carbocycles. The lowest BCUT2D eigenvalue weighted by atomic mass is 9.97. The van der Waals surface area contributed by atoms with Crippen molar-refractivity contribution in [2.75, 3.05) is 6.54 Å². The van der Waals surface area contributed by atoms with Gasteiger partial charge in [0.05, 0.1) is 18.9 Å². The molecule has 3 aromatic rings. The van der Waals surface area contributed by atoms with Crippen LogP contribution in [0.15, 0.2) is 43.0 Å². The number of rotatable bonds is 13. The van der Waals surface area contributed by atoms with Crippen molar-refractivity contribution in [2.45, 2.75) is 51.2 Å². The number of imidazole rings is 1. The summed E-state index contributed by atoms with van der Waals surface area (Å²) in [6.07, 6.45) is 5.53. The Morgan fingerprint density at radius 1 is 1.08 bits per heavy atom. The fourth-order valence-electron chi connectivity index (χ4n) is 3.93. The number of aromatic nitrogens is 3. The Bertz CT molecular complexity index is 1220.